The summed E-state index contributed by atoms with van der Waals surface area (Å²) in [5, 5.41) is 0. The summed E-state index contributed by atoms with van der Waals surface area (Å²) in [6.45, 7) is 6.33. The van der Waals surface area contributed by atoms with Crippen LogP contribution in [-0.4, -0.2) is 37.2 Å². The Balaban J connectivity index is 4.59. The van der Waals surface area contributed by atoms with Crippen LogP contribution in [0.15, 0.2) is 158 Å². The molecule has 0 saturated heterocycles. The molecule has 73 heavy (non-hydrogen) atoms. The van der Waals surface area contributed by atoms with Crippen LogP contribution in [0.4, 0.5) is 0 Å². The van der Waals surface area contributed by atoms with Crippen LogP contribution in [0, 0.1) is 0 Å². The van der Waals surface area contributed by atoms with Gasteiger partial charge in [0.2, 0.25) is 0 Å². The average molecular weight is 1010 g/mol. The molecule has 0 rings (SSSR count). The van der Waals surface area contributed by atoms with E-state index >= 15 is 0 Å². The second-order valence-corrected chi connectivity index (χ2v) is 18.8. The molecule has 0 N–H and O–H groups in total. The quantitative estimate of drug-likeness (QED) is 0.0199. The van der Waals surface area contributed by atoms with Crippen LogP contribution in [0.25, 0.3) is 0 Å². The van der Waals surface area contributed by atoms with Crippen molar-refractivity contribution in [2.45, 2.75) is 232 Å². The largest absolute Gasteiger partial charge is 0.462 e. The summed E-state index contributed by atoms with van der Waals surface area (Å²) in [7, 11) is 0. The van der Waals surface area contributed by atoms with Gasteiger partial charge in [0.05, 0.1) is 0 Å². The number of ether oxygens (including phenoxy) is 3. The lowest BCUT2D eigenvalue weighted by atomic mass is 10.1. The van der Waals surface area contributed by atoms with Gasteiger partial charge in [0.1, 0.15) is 13.2 Å². The minimum atomic E-state index is -0.824. The number of carbonyl (C=O) groups excluding carboxylic acids is 3. The molecule has 0 fully saturated rings. The highest BCUT2D eigenvalue weighted by Gasteiger charge is 2.19. The first-order valence-corrected chi connectivity index (χ1v) is 29.2. The Kier molecular flexibility index (Phi) is 55.5. The molecular formula is C67H104O6. The summed E-state index contributed by atoms with van der Waals surface area (Å²) in [4.78, 5) is 38.2. The zero-order valence-electron chi connectivity index (χ0n) is 46.6. The van der Waals surface area contributed by atoms with E-state index in [0.717, 1.165) is 103 Å². The van der Waals surface area contributed by atoms with Gasteiger partial charge >= 0.3 is 17.9 Å². The Morgan fingerprint density at radius 2 is 0.575 bits per heavy atom. The van der Waals surface area contributed by atoms with Crippen LogP contribution < -0.4 is 0 Å². The van der Waals surface area contributed by atoms with Crippen LogP contribution in [0.5, 0.6) is 0 Å². The summed E-state index contributed by atoms with van der Waals surface area (Å²) < 4.78 is 16.8. The molecule has 0 aliphatic rings. The SMILES string of the molecule is CC\C=C/C=C\C=C/C=C\C=C\C=C/C=C\CCCCCC(=O)OCC(COC(=O)CCCCCCC/C=C\CCCCCCCCCCC)OC(=O)CCCCCCC\C=C/C=C\C=C/C=C\C=C/CCC. The molecule has 0 bridgehead atoms. The van der Waals surface area contributed by atoms with E-state index in [1.54, 1.807) is 0 Å². The molecule has 0 spiro atoms. The maximum Gasteiger partial charge on any atom is 0.306 e. The van der Waals surface area contributed by atoms with Crippen molar-refractivity contribution in [1.82, 2.24) is 0 Å². The standard InChI is InChI=1S/C67H104O6/c1-4-7-10-13-16-19-22-25-28-31-34-37-39-42-45-48-51-54-57-60-66(69)72-63-64(73-67(70)61-58-55-52-49-46-43-40-36-33-30-27-24-21-18-15-12-9-6-3)62-71-65(68)59-56-53-50-47-44-41-38-35-32-29-26-23-20-17-14-11-8-5-2/h7,10,12-13,15-16,18-19,21-22,24-25,27-28,30-31,33-40,42,45,64H,4-6,8-9,11,14,17,20,23,26,29,32,41,43-44,46-63H2,1-3H3/b10-7-,15-12-,16-13-,21-18-,22-19-,27-24-,28-25-,33-30-,34-31+,38-35-,39-37-,40-36-,45-42-. The first-order chi connectivity index (χ1) is 36.0. The van der Waals surface area contributed by atoms with Crippen molar-refractivity contribution in [2.24, 2.45) is 0 Å². The molecule has 0 aromatic rings. The predicted octanol–water partition coefficient (Wildman–Crippen LogP) is 19.8. The van der Waals surface area contributed by atoms with Gasteiger partial charge in [-0.25, -0.2) is 0 Å². The van der Waals surface area contributed by atoms with Crippen molar-refractivity contribution in [2.75, 3.05) is 13.2 Å². The summed E-state index contributed by atoms with van der Waals surface area (Å²) >= 11 is 0. The van der Waals surface area contributed by atoms with Gasteiger partial charge in [-0.2, -0.15) is 0 Å². The molecule has 408 valence electrons. The Morgan fingerprint density at radius 1 is 0.288 bits per heavy atom. The highest BCUT2D eigenvalue weighted by atomic mass is 16.6. The van der Waals surface area contributed by atoms with Gasteiger partial charge in [-0.1, -0.05) is 281 Å². The van der Waals surface area contributed by atoms with Crippen LogP contribution in [-0.2, 0) is 28.6 Å². The number of unbranched alkanes of at least 4 members (excludes halogenated alkanes) is 23. The zero-order valence-corrected chi connectivity index (χ0v) is 46.6. The Hall–Kier alpha value is -4.97. The van der Waals surface area contributed by atoms with Crippen LogP contribution in [0.2, 0.25) is 0 Å². The highest BCUT2D eigenvalue weighted by Crippen LogP contribution is 2.14. The molecule has 0 amide bonds. The molecular weight excluding hydrogens is 901 g/mol. The Bertz CT molecular complexity index is 1670. The van der Waals surface area contributed by atoms with E-state index in [4.69, 9.17) is 14.2 Å². The van der Waals surface area contributed by atoms with Crippen molar-refractivity contribution in [1.29, 1.82) is 0 Å². The fourth-order valence-corrected chi connectivity index (χ4v) is 7.45. The summed E-state index contributed by atoms with van der Waals surface area (Å²) in [6.07, 6.45) is 86.5. The van der Waals surface area contributed by atoms with Gasteiger partial charge < -0.3 is 14.2 Å². The average Bonchev–Trinajstić information content (AvgIpc) is 3.39. The third-order valence-corrected chi connectivity index (χ3v) is 11.8. The number of hydrogen-bond donors (Lipinski definition) is 0. The van der Waals surface area contributed by atoms with E-state index in [1.807, 2.05) is 109 Å². The Labute approximate surface area is 448 Å². The molecule has 6 nitrogen and oxygen atoms in total. The van der Waals surface area contributed by atoms with E-state index in [0.29, 0.717) is 19.3 Å². The maximum absolute atomic E-state index is 12.9. The second kappa shape index (κ2) is 59.6. The lowest BCUT2D eigenvalue weighted by Gasteiger charge is -2.18. The summed E-state index contributed by atoms with van der Waals surface area (Å²) in [5.41, 5.74) is 0. The summed E-state index contributed by atoms with van der Waals surface area (Å²) in [5.74, 6) is -1.00. The topological polar surface area (TPSA) is 78.9 Å². The highest BCUT2D eigenvalue weighted by molar-refractivity contribution is 5.71. The summed E-state index contributed by atoms with van der Waals surface area (Å²) in [6, 6.07) is 0. The zero-order chi connectivity index (χ0) is 52.9. The number of allylic oxidation sites excluding steroid dienone is 26. The molecule has 0 saturated carbocycles. The van der Waals surface area contributed by atoms with E-state index in [2.05, 4.69) is 69.4 Å². The van der Waals surface area contributed by atoms with E-state index in [9.17, 15) is 14.4 Å². The van der Waals surface area contributed by atoms with Crippen LogP contribution >= 0.6 is 0 Å². The molecule has 0 aromatic heterocycles. The van der Waals surface area contributed by atoms with Gasteiger partial charge in [-0.15, -0.1) is 0 Å². The van der Waals surface area contributed by atoms with Gasteiger partial charge in [0.25, 0.3) is 0 Å². The lowest BCUT2D eigenvalue weighted by Crippen LogP contribution is -2.30. The van der Waals surface area contributed by atoms with Crippen molar-refractivity contribution < 1.29 is 28.6 Å². The third kappa shape index (κ3) is 57.8. The lowest BCUT2D eigenvalue weighted by molar-refractivity contribution is -0.167. The van der Waals surface area contributed by atoms with Gasteiger partial charge in [-0.3, -0.25) is 14.4 Å². The first kappa shape index (κ1) is 68.0. The number of esters is 3. The van der Waals surface area contributed by atoms with E-state index in [1.165, 1.54) is 77.0 Å². The van der Waals surface area contributed by atoms with Gasteiger partial charge in [0.15, 0.2) is 6.10 Å². The van der Waals surface area contributed by atoms with Crippen LogP contribution in [0.1, 0.15) is 226 Å². The maximum atomic E-state index is 12.9. The first-order valence-electron chi connectivity index (χ1n) is 29.2. The number of hydrogen-bond acceptors (Lipinski definition) is 6. The minimum absolute atomic E-state index is 0.115. The molecule has 1 atom stereocenters. The van der Waals surface area contributed by atoms with Crippen molar-refractivity contribution in [3.05, 3.63) is 158 Å². The monoisotopic (exact) mass is 1000 g/mol. The normalized spacial score (nSPS) is 13.3. The van der Waals surface area contributed by atoms with Crippen molar-refractivity contribution >= 4 is 17.9 Å². The molecule has 0 radical (unpaired) electrons. The van der Waals surface area contributed by atoms with Crippen LogP contribution in [0.3, 0.4) is 0 Å². The Morgan fingerprint density at radius 3 is 0.945 bits per heavy atom. The second-order valence-electron chi connectivity index (χ2n) is 18.8. The fraction of sp³-hybridized carbons (Fsp3) is 0.567. The molecule has 0 aromatic carbocycles. The smallest absolute Gasteiger partial charge is 0.306 e. The fourth-order valence-electron chi connectivity index (χ4n) is 7.45. The molecule has 0 heterocycles. The minimum Gasteiger partial charge on any atom is -0.462 e. The molecule has 0 aliphatic heterocycles. The van der Waals surface area contributed by atoms with E-state index < -0.39 is 6.10 Å². The van der Waals surface area contributed by atoms with Gasteiger partial charge in [-0.05, 0) is 83.5 Å². The number of rotatable bonds is 50. The van der Waals surface area contributed by atoms with Crippen molar-refractivity contribution in [3.63, 3.8) is 0 Å². The number of carbonyl (C=O) groups is 3. The predicted molar refractivity (Wildman–Crippen MR) is 315 cm³/mol. The molecule has 6 heteroatoms. The van der Waals surface area contributed by atoms with E-state index in [-0.39, 0.29) is 37.5 Å². The molecule has 0 aliphatic carbocycles. The third-order valence-electron chi connectivity index (χ3n) is 11.8. The molecule has 1 unspecified atom stereocenters. The van der Waals surface area contributed by atoms with Gasteiger partial charge in [0, 0.05) is 19.3 Å². The van der Waals surface area contributed by atoms with Crippen molar-refractivity contribution in [3.8, 4) is 0 Å².